The van der Waals surface area contributed by atoms with Gasteiger partial charge in [-0.2, -0.15) is 0 Å². The fourth-order valence-corrected chi connectivity index (χ4v) is 4.76. The molecule has 92 valence electrons. The summed E-state index contributed by atoms with van der Waals surface area (Å²) in [5, 5.41) is 10.2. The van der Waals surface area contributed by atoms with Gasteiger partial charge in [-0.1, -0.05) is 6.42 Å². The summed E-state index contributed by atoms with van der Waals surface area (Å²) in [5.74, 6) is 1.39. The first-order valence-corrected chi connectivity index (χ1v) is 7.04. The molecule has 1 saturated carbocycles. The molecule has 0 amide bonds. The highest BCUT2D eigenvalue weighted by Crippen LogP contribution is 2.49. The summed E-state index contributed by atoms with van der Waals surface area (Å²) in [6.45, 7) is 6.08. The van der Waals surface area contributed by atoms with E-state index in [0.717, 1.165) is 12.3 Å². The normalized spacial score (nSPS) is 47.4. The number of piperidine rings is 2. The zero-order chi connectivity index (χ0) is 11.3. The molecule has 1 aliphatic carbocycles. The second-order valence-electron chi connectivity index (χ2n) is 6.76. The smallest absolute Gasteiger partial charge is 0.0586 e. The molecular formula is C14H25NO. The van der Waals surface area contributed by atoms with Crippen molar-refractivity contribution >= 4 is 0 Å². The van der Waals surface area contributed by atoms with Gasteiger partial charge in [-0.15, -0.1) is 0 Å². The minimum atomic E-state index is -0.00769. The van der Waals surface area contributed by atoms with Crippen molar-refractivity contribution in [3.8, 4) is 0 Å². The van der Waals surface area contributed by atoms with Crippen LogP contribution in [-0.4, -0.2) is 34.2 Å². The zero-order valence-electron chi connectivity index (χ0n) is 10.7. The van der Waals surface area contributed by atoms with E-state index in [2.05, 4.69) is 18.7 Å². The Hall–Kier alpha value is -0.0800. The maximum Gasteiger partial charge on any atom is 0.0586 e. The van der Waals surface area contributed by atoms with Crippen LogP contribution in [0, 0.1) is 11.8 Å². The predicted molar refractivity (Wildman–Crippen MR) is 65.3 cm³/mol. The van der Waals surface area contributed by atoms with Gasteiger partial charge >= 0.3 is 0 Å². The molecule has 16 heavy (non-hydrogen) atoms. The minimum absolute atomic E-state index is 0.00769. The van der Waals surface area contributed by atoms with E-state index in [-0.39, 0.29) is 6.10 Å². The minimum Gasteiger partial charge on any atom is -0.393 e. The van der Waals surface area contributed by atoms with Gasteiger partial charge in [-0.25, -0.2) is 0 Å². The highest BCUT2D eigenvalue weighted by Gasteiger charge is 2.51. The van der Waals surface area contributed by atoms with Gasteiger partial charge in [0.15, 0.2) is 0 Å². The van der Waals surface area contributed by atoms with Crippen molar-refractivity contribution in [1.29, 1.82) is 0 Å². The summed E-state index contributed by atoms with van der Waals surface area (Å²) in [6, 6.07) is 0.681. The summed E-state index contributed by atoms with van der Waals surface area (Å²) in [7, 11) is 0. The van der Waals surface area contributed by atoms with Crippen LogP contribution >= 0.6 is 0 Å². The molecule has 1 N–H and O–H groups in total. The van der Waals surface area contributed by atoms with Crippen LogP contribution in [0.25, 0.3) is 0 Å². The molecule has 3 rings (SSSR count). The van der Waals surface area contributed by atoms with Crippen LogP contribution in [0.5, 0.6) is 0 Å². The van der Waals surface area contributed by atoms with E-state index in [1.165, 1.54) is 38.6 Å². The van der Waals surface area contributed by atoms with Gasteiger partial charge in [0, 0.05) is 17.5 Å². The number of hydrogen-bond donors (Lipinski definition) is 1. The molecule has 0 spiro atoms. The van der Waals surface area contributed by atoms with Gasteiger partial charge in [-0.3, -0.25) is 4.90 Å². The molecule has 0 aromatic carbocycles. The van der Waals surface area contributed by atoms with Crippen molar-refractivity contribution in [1.82, 2.24) is 4.90 Å². The van der Waals surface area contributed by atoms with Gasteiger partial charge in [0.2, 0.25) is 0 Å². The molecule has 2 heterocycles. The first kappa shape index (κ1) is 11.0. The average Bonchev–Trinajstić information content (AvgIpc) is 2.59. The first-order valence-electron chi connectivity index (χ1n) is 7.04. The molecule has 2 aliphatic heterocycles. The molecule has 0 bridgehead atoms. The summed E-state index contributed by atoms with van der Waals surface area (Å²) in [6.07, 6.45) is 7.65. The number of aliphatic hydroxyl groups is 1. The number of rotatable bonds is 0. The largest absolute Gasteiger partial charge is 0.393 e. The Morgan fingerprint density at radius 3 is 2.75 bits per heavy atom. The van der Waals surface area contributed by atoms with E-state index in [9.17, 15) is 5.11 Å². The second-order valence-corrected chi connectivity index (χ2v) is 6.76. The van der Waals surface area contributed by atoms with Crippen molar-refractivity contribution in [2.75, 3.05) is 6.54 Å². The van der Waals surface area contributed by atoms with Gasteiger partial charge in [-0.05, 0) is 58.4 Å². The number of nitrogens with zero attached hydrogens (tertiary/aromatic N) is 1. The molecular weight excluding hydrogens is 198 g/mol. The highest BCUT2D eigenvalue weighted by molar-refractivity contribution is 5.05. The molecule has 2 nitrogen and oxygen atoms in total. The topological polar surface area (TPSA) is 23.5 Å². The fourth-order valence-electron chi connectivity index (χ4n) is 4.76. The van der Waals surface area contributed by atoms with E-state index >= 15 is 0 Å². The summed E-state index contributed by atoms with van der Waals surface area (Å²) in [5.41, 5.74) is 0.371. The Labute approximate surface area is 99.0 Å². The lowest BCUT2D eigenvalue weighted by Crippen LogP contribution is -2.61. The lowest BCUT2D eigenvalue weighted by molar-refractivity contribution is -0.0803. The third kappa shape index (κ3) is 1.53. The molecule has 2 heteroatoms. The molecule has 0 radical (unpaired) electrons. The first-order chi connectivity index (χ1) is 7.59. The van der Waals surface area contributed by atoms with E-state index in [0.29, 0.717) is 17.5 Å². The van der Waals surface area contributed by atoms with Crippen molar-refractivity contribution in [3.63, 3.8) is 0 Å². The number of aliphatic hydroxyl groups excluding tert-OH is 1. The van der Waals surface area contributed by atoms with Gasteiger partial charge < -0.3 is 5.11 Å². The lowest BCUT2D eigenvalue weighted by atomic mass is 9.70. The fraction of sp³-hybridized carbons (Fsp3) is 1.00. The standard InChI is InChI=1S/C14H25NO/c1-14(2)9-10-6-7-12(16)13(10)11-5-3-4-8-15(11)14/h10-13,16H,3-9H2,1-2H3. The molecule has 0 aromatic heterocycles. The van der Waals surface area contributed by atoms with Crippen LogP contribution in [-0.2, 0) is 0 Å². The third-order valence-electron chi connectivity index (χ3n) is 5.35. The van der Waals surface area contributed by atoms with Crippen molar-refractivity contribution < 1.29 is 5.11 Å². The van der Waals surface area contributed by atoms with E-state index < -0.39 is 0 Å². The maximum absolute atomic E-state index is 10.2. The third-order valence-corrected chi connectivity index (χ3v) is 5.35. The van der Waals surface area contributed by atoms with Gasteiger partial charge in [0.25, 0.3) is 0 Å². The van der Waals surface area contributed by atoms with Gasteiger partial charge in [0.05, 0.1) is 6.10 Å². The lowest BCUT2D eigenvalue weighted by Gasteiger charge is -2.55. The van der Waals surface area contributed by atoms with Crippen molar-refractivity contribution in [2.24, 2.45) is 11.8 Å². The summed E-state index contributed by atoms with van der Waals surface area (Å²) >= 11 is 0. The van der Waals surface area contributed by atoms with E-state index in [1.807, 2.05) is 0 Å². The predicted octanol–water partition coefficient (Wildman–Crippen LogP) is 2.41. The monoisotopic (exact) mass is 223 g/mol. The zero-order valence-corrected chi connectivity index (χ0v) is 10.7. The quantitative estimate of drug-likeness (QED) is 0.681. The van der Waals surface area contributed by atoms with Crippen LogP contribution in [0.3, 0.4) is 0 Å². The SMILES string of the molecule is CC1(C)CC2CCC(O)C2C2CCCCN21. The molecule has 4 unspecified atom stereocenters. The molecule has 3 fully saturated rings. The van der Waals surface area contributed by atoms with Crippen molar-refractivity contribution in [2.45, 2.75) is 70.1 Å². The van der Waals surface area contributed by atoms with Crippen LogP contribution < -0.4 is 0 Å². The molecule has 3 aliphatic rings. The van der Waals surface area contributed by atoms with Crippen LogP contribution in [0.1, 0.15) is 52.4 Å². The summed E-state index contributed by atoms with van der Waals surface area (Å²) in [4.78, 5) is 2.71. The van der Waals surface area contributed by atoms with E-state index in [1.54, 1.807) is 0 Å². The maximum atomic E-state index is 10.2. The second kappa shape index (κ2) is 3.71. The van der Waals surface area contributed by atoms with Crippen molar-refractivity contribution in [3.05, 3.63) is 0 Å². The Bertz CT molecular complexity index is 274. The average molecular weight is 223 g/mol. The summed E-state index contributed by atoms with van der Waals surface area (Å²) < 4.78 is 0. The highest BCUT2D eigenvalue weighted by atomic mass is 16.3. The number of fused-ring (bicyclic) bond motifs is 3. The Morgan fingerprint density at radius 2 is 1.94 bits per heavy atom. The molecule has 4 atom stereocenters. The number of hydrogen-bond acceptors (Lipinski definition) is 2. The van der Waals surface area contributed by atoms with Crippen LogP contribution in [0.4, 0.5) is 0 Å². The Morgan fingerprint density at radius 1 is 1.12 bits per heavy atom. The van der Waals surface area contributed by atoms with E-state index in [4.69, 9.17) is 0 Å². The molecule has 2 saturated heterocycles. The van der Waals surface area contributed by atoms with Crippen LogP contribution in [0.2, 0.25) is 0 Å². The molecule has 0 aromatic rings. The Balaban J connectivity index is 1.89. The van der Waals surface area contributed by atoms with Crippen LogP contribution in [0.15, 0.2) is 0 Å². The Kier molecular flexibility index (Phi) is 2.56. The van der Waals surface area contributed by atoms with Gasteiger partial charge in [0.1, 0.15) is 0 Å².